The van der Waals surface area contributed by atoms with Gasteiger partial charge in [0.1, 0.15) is 0 Å². The maximum atomic E-state index is 12.2. The van der Waals surface area contributed by atoms with Crippen LogP contribution in [0.15, 0.2) is 77.9 Å². The molecule has 3 nitrogen and oxygen atoms in total. The van der Waals surface area contributed by atoms with Gasteiger partial charge in [0.25, 0.3) is 5.91 Å². The minimum absolute atomic E-state index is 0.289. The summed E-state index contributed by atoms with van der Waals surface area (Å²) in [4.78, 5) is 12.2. The molecule has 142 valence electrons. The maximum Gasteiger partial charge on any atom is 0.271 e. The second-order valence-corrected chi connectivity index (χ2v) is 7.81. The Bertz CT molecular complexity index is 940. The molecule has 1 N–H and O–H groups in total. The van der Waals surface area contributed by atoms with Gasteiger partial charge in [-0.05, 0) is 35.4 Å². The van der Waals surface area contributed by atoms with E-state index in [9.17, 15) is 4.79 Å². The molecule has 0 spiro atoms. The number of hydrazone groups is 1. The third-order valence-electron chi connectivity index (χ3n) is 3.96. The van der Waals surface area contributed by atoms with Gasteiger partial charge < -0.3 is 0 Å². The summed E-state index contributed by atoms with van der Waals surface area (Å²) in [7, 11) is 0. The number of benzene rings is 3. The van der Waals surface area contributed by atoms with Crippen LogP contribution in [0.2, 0.25) is 10.0 Å². The lowest BCUT2D eigenvalue weighted by Crippen LogP contribution is -2.17. The van der Waals surface area contributed by atoms with Crippen LogP contribution in [0.1, 0.15) is 27.0 Å². The molecule has 3 rings (SSSR count). The molecule has 0 unspecified atom stereocenters. The van der Waals surface area contributed by atoms with Crippen LogP contribution in [0.4, 0.5) is 0 Å². The lowest BCUT2D eigenvalue weighted by atomic mass is 10.1. The highest BCUT2D eigenvalue weighted by Gasteiger charge is 2.06. The number of halogens is 2. The van der Waals surface area contributed by atoms with Crippen LogP contribution >= 0.6 is 35.0 Å². The third kappa shape index (κ3) is 5.86. The van der Waals surface area contributed by atoms with E-state index in [0.29, 0.717) is 21.2 Å². The van der Waals surface area contributed by atoms with E-state index in [0.717, 1.165) is 11.5 Å². The molecule has 28 heavy (non-hydrogen) atoms. The van der Waals surface area contributed by atoms with Crippen molar-refractivity contribution in [1.82, 2.24) is 5.43 Å². The molecular weight excluding hydrogens is 411 g/mol. The van der Waals surface area contributed by atoms with Crippen molar-refractivity contribution in [2.24, 2.45) is 5.10 Å². The zero-order valence-corrected chi connectivity index (χ0v) is 17.3. The van der Waals surface area contributed by atoms with Gasteiger partial charge >= 0.3 is 0 Å². The zero-order chi connectivity index (χ0) is 19.8. The Morgan fingerprint density at radius 3 is 2.11 bits per heavy atom. The predicted molar refractivity (Wildman–Crippen MR) is 119 cm³/mol. The Morgan fingerprint density at radius 1 is 0.857 bits per heavy atom. The third-order valence-corrected chi connectivity index (χ3v) is 5.69. The number of thioether (sulfide) groups is 1. The molecule has 0 saturated heterocycles. The Morgan fingerprint density at radius 2 is 1.46 bits per heavy atom. The molecule has 0 atom stereocenters. The molecule has 0 radical (unpaired) electrons. The van der Waals surface area contributed by atoms with E-state index in [1.165, 1.54) is 17.3 Å². The Kier molecular flexibility index (Phi) is 7.54. The second-order valence-electron chi connectivity index (χ2n) is 6.01. The highest BCUT2D eigenvalue weighted by atomic mass is 35.5. The topological polar surface area (TPSA) is 41.5 Å². The minimum Gasteiger partial charge on any atom is -0.267 e. The van der Waals surface area contributed by atoms with E-state index in [4.69, 9.17) is 23.2 Å². The summed E-state index contributed by atoms with van der Waals surface area (Å²) in [6, 6.07) is 23.0. The molecule has 0 aromatic heterocycles. The molecule has 1 amide bonds. The summed E-state index contributed by atoms with van der Waals surface area (Å²) in [6.07, 6.45) is 1.44. The van der Waals surface area contributed by atoms with Crippen molar-refractivity contribution >= 4 is 47.1 Å². The number of hydrogen-bond donors (Lipinski definition) is 1. The second kappa shape index (κ2) is 10.3. The van der Waals surface area contributed by atoms with Gasteiger partial charge in [0.2, 0.25) is 0 Å². The van der Waals surface area contributed by atoms with Crippen LogP contribution in [0.3, 0.4) is 0 Å². The molecule has 0 fully saturated rings. The van der Waals surface area contributed by atoms with Crippen LogP contribution in [0.25, 0.3) is 0 Å². The van der Waals surface area contributed by atoms with Crippen LogP contribution in [-0.2, 0) is 11.5 Å². The number of nitrogens with zero attached hydrogens (tertiary/aromatic N) is 1. The summed E-state index contributed by atoms with van der Waals surface area (Å²) >= 11 is 14.0. The van der Waals surface area contributed by atoms with E-state index in [-0.39, 0.29) is 5.91 Å². The first kappa shape index (κ1) is 20.5. The summed E-state index contributed by atoms with van der Waals surface area (Å²) in [5, 5.41) is 4.90. The SMILES string of the molecule is O=C(N/N=C\c1c(Cl)cccc1Cl)c1ccc(CSCc2ccccc2)cc1. The van der Waals surface area contributed by atoms with Crippen LogP contribution in [0.5, 0.6) is 0 Å². The predicted octanol–water partition coefficient (Wildman–Crippen LogP) is 6.19. The van der Waals surface area contributed by atoms with Gasteiger partial charge in [-0.15, -0.1) is 0 Å². The average molecular weight is 429 g/mol. The first-order valence-corrected chi connectivity index (χ1v) is 10.5. The number of hydrogen-bond acceptors (Lipinski definition) is 3. The smallest absolute Gasteiger partial charge is 0.267 e. The van der Waals surface area contributed by atoms with Crippen molar-refractivity contribution in [1.29, 1.82) is 0 Å². The monoisotopic (exact) mass is 428 g/mol. The fraction of sp³-hybridized carbons (Fsp3) is 0.0909. The van der Waals surface area contributed by atoms with E-state index < -0.39 is 0 Å². The van der Waals surface area contributed by atoms with E-state index in [1.54, 1.807) is 30.3 Å². The summed E-state index contributed by atoms with van der Waals surface area (Å²) in [6.45, 7) is 0. The molecule has 0 heterocycles. The lowest BCUT2D eigenvalue weighted by molar-refractivity contribution is 0.0955. The van der Waals surface area contributed by atoms with Crippen molar-refractivity contribution in [2.75, 3.05) is 0 Å². The first-order valence-electron chi connectivity index (χ1n) is 8.61. The van der Waals surface area contributed by atoms with E-state index in [2.05, 4.69) is 22.7 Å². The van der Waals surface area contributed by atoms with Gasteiger partial charge in [-0.25, -0.2) is 5.43 Å². The van der Waals surface area contributed by atoms with Gasteiger partial charge in [-0.1, -0.05) is 71.7 Å². The highest BCUT2D eigenvalue weighted by molar-refractivity contribution is 7.97. The van der Waals surface area contributed by atoms with Crippen molar-refractivity contribution in [3.05, 3.63) is 105 Å². The molecule has 0 aliphatic heterocycles. The normalized spacial score (nSPS) is 10.9. The van der Waals surface area contributed by atoms with Crippen LogP contribution < -0.4 is 5.43 Å². The van der Waals surface area contributed by atoms with Crippen molar-refractivity contribution < 1.29 is 4.79 Å². The number of nitrogens with one attached hydrogen (secondary N) is 1. The first-order chi connectivity index (χ1) is 13.6. The molecule has 6 heteroatoms. The summed E-state index contributed by atoms with van der Waals surface area (Å²) in [5.74, 6) is 1.56. The van der Waals surface area contributed by atoms with E-state index >= 15 is 0 Å². The maximum absolute atomic E-state index is 12.2. The number of amides is 1. The molecule has 0 bridgehead atoms. The largest absolute Gasteiger partial charge is 0.271 e. The number of rotatable bonds is 7. The quantitative estimate of drug-likeness (QED) is 0.359. The zero-order valence-electron chi connectivity index (χ0n) is 14.9. The lowest BCUT2D eigenvalue weighted by Gasteiger charge is -2.05. The summed E-state index contributed by atoms with van der Waals surface area (Å²) in [5.41, 5.74) is 6.08. The molecule has 3 aromatic rings. The van der Waals surface area contributed by atoms with Crippen molar-refractivity contribution in [3.63, 3.8) is 0 Å². The minimum atomic E-state index is -0.289. The fourth-order valence-electron chi connectivity index (χ4n) is 2.47. The number of carbonyl (C=O) groups excluding carboxylic acids is 1. The van der Waals surface area contributed by atoms with Gasteiger partial charge in [-0.2, -0.15) is 16.9 Å². The molecule has 0 saturated carbocycles. The number of carbonyl (C=O) groups is 1. The molecular formula is C22H18Cl2N2OS. The van der Waals surface area contributed by atoms with Crippen molar-refractivity contribution in [2.45, 2.75) is 11.5 Å². The van der Waals surface area contributed by atoms with Gasteiger partial charge in [0, 0.05) is 22.6 Å². The van der Waals surface area contributed by atoms with Crippen molar-refractivity contribution in [3.8, 4) is 0 Å². The summed E-state index contributed by atoms with van der Waals surface area (Å²) < 4.78 is 0. The molecule has 0 aliphatic rings. The molecule has 0 aliphatic carbocycles. The average Bonchev–Trinajstić information content (AvgIpc) is 2.71. The standard InChI is InChI=1S/C22H18Cl2N2OS/c23-20-7-4-8-21(24)19(20)13-25-26-22(27)18-11-9-17(10-12-18)15-28-14-16-5-2-1-3-6-16/h1-13H,14-15H2,(H,26,27)/b25-13-. The molecule has 3 aromatic carbocycles. The van der Waals surface area contributed by atoms with Crippen LogP contribution in [0, 0.1) is 0 Å². The van der Waals surface area contributed by atoms with E-state index in [1.807, 2.05) is 42.1 Å². The van der Waals surface area contributed by atoms with Crippen LogP contribution in [-0.4, -0.2) is 12.1 Å². The Labute approximate surface area is 178 Å². The fourth-order valence-corrected chi connectivity index (χ4v) is 3.92. The Balaban J connectivity index is 1.51. The van der Waals surface area contributed by atoms with Gasteiger partial charge in [-0.3, -0.25) is 4.79 Å². The highest BCUT2D eigenvalue weighted by Crippen LogP contribution is 2.22. The van der Waals surface area contributed by atoms with Gasteiger partial charge in [0.05, 0.1) is 16.3 Å². The Hall–Kier alpha value is -2.27. The van der Waals surface area contributed by atoms with Gasteiger partial charge in [0.15, 0.2) is 0 Å².